The summed E-state index contributed by atoms with van der Waals surface area (Å²) < 4.78 is 43.7. The summed E-state index contributed by atoms with van der Waals surface area (Å²) in [7, 11) is -2.11. The van der Waals surface area contributed by atoms with E-state index >= 15 is 0 Å². The first-order valence-corrected chi connectivity index (χ1v) is 13.2. The minimum absolute atomic E-state index is 0.0792. The second-order valence-electron chi connectivity index (χ2n) is 9.37. The molecule has 36 heavy (non-hydrogen) atoms. The number of ether oxygens (including phenoxy) is 3. The van der Waals surface area contributed by atoms with Gasteiger partial charge in [0.25, 0.3) is 0 Å². The number of sulfonamides is 1. The summed E-state index contributed by atoms with van der Waals surface area (Å²) in [6, 6.07) is 8.86. The molecule has 3 rings (SSSR count). The van der Waals surface area contributed by atoms with Crippen LogP contribution < -0.4 is 14.4 Å². The average Bonchev–Trinajstić information content (AvgIpc) is 3.67. The third-order valence-electron chi connectivity index (χ3n) is 5.27. The highest BCUT2D eigenvalue weighted by Gasteiger charge is 2.41. The van der Waals surface area contributed by atoms with Crippen molar-refractivity contribution < 1.29 is 32.2 Å². The Kier molecular flexibility index (Phi) is 8.44. The van der Waals surface area contributed by atoms with Gasteiger partial charge in [-0.15, -0.1) is 0 Å². The zero-order valence-corrected chi connectivity index (χ0v) is 22.0. The van der Waals surface area contributed by atoms with Crippen LogP contribution in [0.25, 0.3) is 0 Å². The quantitative estimate of drug-likeness (QED) is 0.471. The van der Waals surface area contributed by atoms with Gasteiger partial charge in [0.1, 0.15) is 11.4 Å². The Morgan fingerprint density at radius 1 is 1.17 bits per heavy atom. The molecule has 1 unspecified atom stereocenters. The van der Waals surface area contributed by atoms with E-state index < -0.39 is 39.0 Å². The second kappa shape index (κ2) is 11.2. The third kappa shape index (κ3) is 7.09. The Hall–Kier alpha value is -3.34. The van der Waals surface area contributed by atoms with Crippen LogP contribution in [-0.4, -0.2) is 50.0 Å². The lowest BCUT2D eigenvalue weighted by Gasteiger charge is -2.26. The largest absolute Gasteiger partial charge is 0.497 e. The van der Waals surface area contributed by atoms with Crippen LogP contribution in [-0.2, 0) is 30.8 Å². The number of hydrogen-bond acceptors (Lipinski definition) is 8. The van der Waals surface area contributed by atoms with E-state index in [1.807, 2.05) is 0 Å². The van der Waals surface area contributed by atoms with Crippen molar-refractivity contribution >= 4 is 27.8 Å². The van der Waals surface area contributed by atoms with Gasteiger partial charge in [-0.3, -0.25) is 9.29 Å². The van der Waals surface area contributed by atoms with Gasteiger partial charge >= 0.3 is 12.1 Å². The van der Waals surface area contributed by atoms with Gasteiger partial charge in [-0.25, -0.2) is 18.0 Å². The van der Waals surface area contributed by atoms with Gasteiger partial charge in [0, 0.05) is 6.20 Å². The molecule has 1 fully saturated rings. The van der Waals surface area contributed by atoms with Crippen LogP contribution in [0.1, 0.15) is 57.8 Å². The summed E-state index contributed by atoms with van der Waals surface area (Å²) in [6.07, 6.45) is 1.75. The molecule has 1 aromatic carbocycles. The molecule has 1 heterocycles. The first kappa shape index (κ1) is 27.3. The van der Waals surface area contributed by atoms with Crippen molar-refractivity contribution in [1.29, 1.82) is 0 Å². The predicted molar refractivity (Wildman–Crippen MR) is 134 cm³/mol. The molecule has 1 amide bonds. The summed E-state index contributed by atoms with van der Waals surface area (Å²) in [5.74, 6) is -0.0770. The van der Waals surface area contributed by atoms with E-state index in [9.17, 15) is 18.0 Å². The van der Waals surface area contributed by atoms with Crippen molar-refractivity contribution in [3.63, 3.8) is 0 Å². The Morgan fingerprint density at radius 3 is 2.39 bits per heavy atom. The minimum atomic E-state index is -3.67. The summed E-state index contributed by atoms with van der Waals surface area (Å²) in [4.78, 5) is 29.4. The normalized spacial score (nSPS) is 14.5. The fraction of sp³-hybridized carbons (Fsp3) is 0.480. The molecule has 1 atom stereocenters. The summed E-state index contributed by atoms with van der Waals surface area (Å²) in [5.41, 5.74) is 0.421. The van der Waals surface area contributed by atoms with Crippen LogP contribution in [0.4, 0.5) is 10.5 Å². The topological polar surface area (TPSA) is 124 Å². The first-order chi connectivity index (χ1) is 16.9. The van der Waals surface area contributed by atoms with Crippen LogP contribution in [0.15, 0.2) is 42.6 Å². The molecule has 1 aliphatic carbocycles. The van der Waals surface area contributed by atoms with Gasteiger partial charge in [0.05, 0.1) is 36.9 Å². The maximum atomic E-state index is 13.4. The molecule has 1 saturated carbocycles. The zero-order chi connectivity index (χ0) is 26.5. The summed E-state index contributed by atoms with van der Waals surface area (Å²) in [6.45, 7) is 6.91. The summed E-state index contributed by atoms with van der Waals surface area (Å²) >= 11 is 0. The number of pyridine rings is 1. The van der Waals surface area contributed by atoms with E-state index in [0.717, 1.165) is 5.56 Å². The molecule has 10 nitrogen and oxygen atoms in total. The number of aromatic nitrogens is 1. The highest BCUT2D eigenvalue weighted by atomic mass is 32.2. The number of nitrogens with zero attached hydrogens (tertiary/aromatic N) is 2. The maximum Gasteiger partial charge on any atom is 0.408 e. The molecule has 1 aliphatic rings. The molecule has 2 aromatic rings. The van der Waals surface area contributed by atoms with Gasteiger partial charge in [-0.2, -0.15) is 0 Å². The fourth-order valence-corrected chi connectivity index (χ4v) is 5.25. The molecular weight excluding hydrogens is 486 g/mol. The van der Waals surface area contributed by atoms with Crippen molar-refractivity contribution in [1.82, 2.24) is 10.3 Å². The number of esters is 1. The molecule has 196 valence electrons. The van der Waals surface area contributed by atoms with Crippen molar-refractivity contribution in [2.75, 3.05) is 18.0 Å². The van der Waals surface area contributed by atoms with Crippen LogP contribution in [0.2, 0.25) is 0 Å². The lowest BCUT2D eigenvalue weighted by atomic mass is 10.1. The molecule has 0 saturated heterocycles. The highest BCUT2D eigenvalue weighted by Crippen LogP contribution is 2.35. The predicted octanol–water partition coefficient (Wildman–Crippen LogP) is 3.72. The van der Waals surface area contributed by atoms with Gasteiger partial charge in [-0.1, -0.05) is 12.1 Å². The van der Waals surface area contributed by atoms with Crippen LogP contribution >= 0.6 is 0 Å². The standard InChI is InChI=1S/C25H33N3O7S/c1-6-34-23(29)22(27-24(30)35-25(2,3)4)21-15-18(13-14-26-21)28(36(31,32)20-11-12-20)16-17-7-9-19(33-5)10-8-17/h7-10,13-15,20,22H,6,11-12,16H2,1-5H3,(H,27,30). The fourth-order valence-electron chi connectivity index (χ4n) is 3.43. The number of methoxy groups -OCH3 is 1. The second-order valence-corrected chi connectivity index (χ2v) is 11.5. The van der Waals surface area contributed by atoms with Gasteiger partial charge in [-0.05, 0) is 70.4 Å². The summed E-state index contributed by atoms with van der Waals surface area (Å²) in [5, 5.41) is 2.03. The molecule has 1 N–H and O–H groups in total. The molecule has 0 radical (unpaired) electrons. The number of amides is 1. The number of hydrogen-bond donors (Lipinski definition) is 1. The molecule has 0 aliphatic heterocycles. The highest BCUT2D eigenvalue weighted by molar-refractivity contribution is 7.93. The van der Waals surface area contributed by atoms with E-state index in [-0.39, 0.29) is 18.8 Å². The Balaban J connectivity index is 1.97. The molecular formula is C25H33N3O7S. The number of carbonyl (C=O) groups excluding carboxylic acids is 2. The zero-order valence-electron chi connectivity index (χ0n) is 21.2. The number of benzene rings is 1. The SMILES string of the molecule is CCOC(=O)C(NC(=O)OC(C)(C)C)c1cc(N(Cc2ccc(OC)cc2)S(=O)(=O)C2CC2)ccn1. The van der Waals surface area contributed by atoms with E-state index in [1.165, 1.54) is 16.6 Å². The monoisotopic (exact) mass is 519 g/mol. The van der Waals surface area contributed by atoms with E-state index in [4.69, 9.17) is 14.2 Å². The molecule has 0 bridgehead atoms. The Morgan fingerprint density at radius 2 is 1.83 bits per heavy atom. The number of alkyl carbamates (subject to hydrolysis) is 1. The number of nitrogens with one attached hydrogen (secondary N) is 1. The number of carbonyl (C=O) groups is 2. The average molecular weight is 520 g/mol. The number of rotatable bonds is 10. The van der Waals surface area contributed by atoms with Gasteiger partial charge in [0.15, 0.2) is 6.04 Å². The van der Waals surface area contributed by atoms with Crippen molar-refractivity contribution in [3.05, 3.63) is 53.9 Å². The lowest BCUT2D eigenvalue weighted by Crippen LogP contribution is -2.39. The van der Waals surface area contributed by atoms with Crippen molar-refractivity contribution in [2.24, 2.45) is 0 Å². The Labute approximate surface area is 212 Å². The van der Waals surface area contributed by atoms with Crippen molar-refractivity contribution in [3.8, 4) is 5.75 Å². The maximum absolute atomic E-state index is 13.4. The van der Waals surface area contributed by atoms with E-state index in [1.54, 1.807) is 65.1 Å². The van der Waals surface area contributed by atoms with Gasteiger partial charge in [0.2, 0.25) is 10.0 Å². The van der Waals surface area contributed by atoms with Gasteiger partial charge < -0.3 is 19.5 Å². The van der Waals surface area contributed by atoms with Crippen LogP contribution in [0.3, 0.4) is 0 Å². The molecule has 11 heteroatoms. The number of anilines is 1. The molecule has 1 aromatic heterocycles. The van der Waals surface area contributed by atoms with E-state index in [0.29, 0.717) is 24.3 Å². The van der Waals surface area contributed by atoms with Crippen LogP contribution in [0, 0.1) is 0 Å². The van der Waals surface area contributed by atoms with Crippen molar-refractivity contribution in [2.45, 2.75) is 64.0 Å². The lowest BCUT2D eigenvalue weighted by molar-refractivity contribution is -0.146. The molecule has 0 spiro atoms. The van der Waals surface area contributed by atoms with E-state index in [2.05, 4.69) is 10.3 Å². The first-order valence-electron chi connectivity index (χ1n) is 11.7. The minimum Gasteiger partial charge on any atom is -0.497 e. The third-order valence-corrected chi connectivity index (χ3v) is 7.54. The smallest absolute Gasteiger partial charge is 0.408 e. The Bertz CT molecular complexity index is 1170. The van der Waals surface area contributed by atoms with Crippen LogP contribution in [0.5, 0.6) is 5.75 Å².